The molecule has 0 aromatic carbocycles. The molecule has 226 valence electrons. The predicted octanol–water partition coefficient (Wildman–Crippen LogP) is 4.32. The summed E-state index contributed by atoms with van der Waals surface area (Å²) in [5.74, 6) is -2.17. The molecule has 0 bridgehead atoms. The number of fused-ring (bicyclic) bond motifs is 1. The van der Waals surface area contributed by atoms with Crippen molar-refractivity contribution < 1.29 is 13.6 Å². The number of aryl methyl sites for hydroxylation is 1. The number of hydrogen-bond donors (Lipinski definition) is 1. The highest BCUT2D eigenvalue weighted by Crippen LogP contribution is 2.36. The van der Waals surface area contributed by atoms with Crippen LogP contribution in [0.25, 0.3) is 16.7 Å². The lowest BCUT2D eigenvalue weighted by Crippen LogP contribution is -2.54. The minimum Gasteiger partial charge on any atom is -0.350 e. The Balaban J connectivity index is 1.78. The first-order valence-electron chi connectivity index (χ1n) is 14.6. The number of halogens is 2. The highest BCUT2D eigenvalue weighted by molar-refractivity contribution is 5.90. The summed E-state index contributed by atoms with van der Waals surface area (Å²) in [6.07, 6.45) is 8.83. The zero-order valence-corrected chi connectivity index (χ0v) is 25.0. The molecule has 0 radical (unpaired) electrons. The molecule has 5 rings (SSSR count). The maximum atomic E-state index is 15.8. The van der Waals surface area contributed by atoms with Gasteiger partial charge in [0.2, 0.25) is 5.91 Å². The van der Waals surface area contributed by atoms with E-state index in [0.717, 1.165) is 18.5 Å². The SMILES string of the molecule is C=CC(=O)N1CCN(c2nc(=O)n(-c3c(CCCNC)ccnc3C(C)C)c3nc(C4C=CC=C4F)c(F)cc23)[C@@H](C)C1. The van der Waals surface area contributed by atoms with E-state index >= 15 is 4.39 Å². The monoisotopic (exact) mass is 589 g/mol. The van der Waals surface area contributed by atoms with Crippen LogP contribution in [0.4, 0.5) is 14.6 Å². The molecule has 1 aliphatic carbocycles. The Kier molecular flexibility index (Phi) is 8.82. The van der Waals surface area contributed by atoms with Crippen molar-refractivity contribution in [2.24, 2.45) is 0 Å². The van der Waals surface area contributed by atoms with Gasteiger partial charge in [-0.25, -0.2) is 23.1 Å². The molecule has 4 heterocycles. The lowest BCUT2D eigenvalue weighted by molar-refractivity contribution is -0.126. The third kappa shape index (κ3) is 5.73. The quantitative estimate of drug-likeness (QED) is 0.293. The first kappa shape index (κ1) is 30.2. The third-order valence-electron chi connectivity index (χ3n) is 8.04. The number of nitrogens with zero attached hydrogens (tertiary/aromatic N) is 6. The van der Waals surface area contributed by atoms with E-state index in [2.05, 4.69) is 21.9 Å². The van der Waals surface area contributed by atoms with Crippen molar-refractivity contribution in [2.45, 2.75) is 51.5 Å². The Bertz CT molecular complexity index is 1680. The molecule has 43 heavy (non-hydrogen) atoms. The fourth-order valence-corrected chi connectivity index (χ4v) is 5.89. The van der Waals surface area contributed by atoms with Crippen LogP contribution in [0.15, 0.2) is 59.8 Å². The first-order chi connectivity index (χ1) is 20.7. The topological polar surface area (TPSA) is 96.2 Å². The molecule has 1 amide bonds. The van der Waals surface area contributed by atoms with Gasteiger partial charge in [-0.05, 0) is 69.1 Å². The molecule has 0 saturated carbocycles. The van der Waals surface area contributed by atoms with Gasteiger partial charge in [-0.1, -0.05) is 32.6 Å². The number of carbonyl (C=O) groups is 1. The van der Waals surface area contributed by atoms with Gasteiger partial charge in [0.05, 0.1) is 28.4 Å². The second-order valence-electron chi connectivity index (χ2n) is 11.3. The average Bonchev–Trinajstić information content (AvgIpc) is 3.41. The zero-order chi connectivity index (χ0) is 30.8. The van der Waals surface area contributed by atoms with Crippen molar-refractivity contribution in [2.75, 3.05) is 38.1 Å². The Morgan fingerprint density at radius 1 is 1.26 bits per heavy atom. The molecule has 3 aromatic heterocycles. The third-order valence-corrected chi connectivity index (χ3v) is 8.04. The summed E-state index contributed by atoms with van der Waals surface area (Å²) in [5, 5.41) is 3.47. The average molecular weight is 590 g/mol. The van der Waals surface area contributed by atoms with Gasteiger partial charge in [-0.2, -0.15) is 4.98 Å². The summed E-state index contributed by atoms with van der Waals surface area (Å²) in [4.78, 5) is 43.9. The van der Waals surface area contributed by atoms with Crippen LogP contribution in [0.3, 0.4) is 0 Å². The summed E-state index contributed by atoms with van der Waals surface area (Å²) in [7, 11) is 1.88. The first-order valence-corrected chi connectivity index (χ1v) is 14.6. The normalized spacial score (nSPS) is 18.5. The Morgan fingerprint density at radius 3 is 2.70 bits per heavy atom. The molecule has 1 fully saturated rings. The molecule has 0 spiro atoms. The Hall–Kier alpha value is -4.25. The number of hydrogen-bond acceptors (Lipinski definition) is 7. The largest absolute Gasteiger partial charge is 0.355 e. The molecule has 9 nitrogen and oxygen atoms in total. The van der Waals surface area contributed by atoms with Gasteiger partial charge in [0.15, 0.2) is 5.65 Å². The number of aromatic nitrogens is 4. The van der Waals surface area contributed by atoms with Crippen LogP contribution in [0.1, 0.15) is 56.0 Å². The summed E-state index contributed by atoms with van der Waals surface area (Å²) in [5.41, 5.74) is 1.62. The molecule has 11 heteroatoms. The van der Waals surface area contributed by atoms with Gasteiger partial charge in [-0.3, -0.25) is 9.78 Å². The lowest BCUT2D eigenvalue weighted by Gasteiger charge is -2.40. The van der Waals surface area contributed by atoms with Gasteiger partial charge in [0, 0.05) is 31.9 Å². The number of amides is 1. The fourth-order valence-electron chi connectivity index (χ4n) is 5.89. The molecule has 1 saturated heterocycles. The summed E-state index contributed by atoms with van der Waals surface area (Å²) in [6, 6.07) is 2.95. The van der Waals surface area contributed by atoms with Crippen LogP contribution < -0.4 is 15.9 Å². The van der Waals surface area contributed by atoms with Gasteiger partial charge in [0.25, 0.3) is 0 Å². The number of allylic oxidation sites excluding steroid dienone is 4. The molecule has 1 unspecified atom stereocenters. The van der Waals surface area contributed by atoms with Gasteiger partial charge in [-0.15, -0.1) is 0 Å². The van der Waals surface area contributed by atoms with E-state index in [-0.39, 0.29) is 35.0 Å². The van der Waals surface area contributed by atoms with Gasteiger partial charge >= 0.3 is 5.69 Å². The van der Waals surface area contributed by atoms with Crippen molar-refractivity contribution >= 4 is 22.8 Å². The second-order valence-corrected chi connectivity index (χ2v) is 11.3. The predicted molar refractivity (Wildman–Crippen MR) is 164 cm³/mol. The summed E-state index contributed by atoms with van der Waals surface area (Å²) in [6.45, 7) is 11.4. The van der Waals surface area contributed by atoms with Crippen LogP contribution in [0.2, 0.25) is 0 Å². The number of pyridine rings is 2. The number of rotatable bonds is 9. The van der Waals surface area contributed by atoms with Crippen molar-refractivity contribution in [3.8, 4) is 5.69 Å². The molecule has 2 aliphatic rings. The molecule has 3 aromatic rings. The number of nitrogens with one attached hydrogen (secondary N) is 1. The molecule has 1 N–H and O–H groups in total. The van der Waals surface area contributed by atoms with Crippen molar-refractivity contribution in [1.82, 2.24) is 29.7 Å². The van der Waals surface area contributed by atoms with E-state index in [1.807, 2.05) is 38.8 Å². The lowest BCUT2D eigenvalue weighted by atomic mass is 10.0. The molecule has 2 atom stereocenters. The Morgan fingerprint density at radius 2 is 2.05 bits per heavy atom. The van der Waals surface area contributed by atoms with Gasteiger partial charge in [0.1, 0.15) is 17.5 Å². The van der Waals surface area contributed by atoms with E-state index in [4.69, 9.17) is 4.98 Å². The van der Waals surface area contributed by atoms with Gasteiger partial charge < -0.3 is 15.1 Å². The Labute approximate surface area is 249 Å². The minimum absolute atomic E-state index is 0.0468. The smallest absolute Gasteiger partial charge is 0.350 e. The van der Waals surface area contributed by atoms with Crippen molar-refractivity contribution in [3.63, 3.8) is 0 Å². The maximum Gasteiger partial charge on any atom is 0.355 e. The molecular weight excluding hydrogens is 552 g/mol. The van der Waals surface area contributed by atoms with E-state index in [1.54, 1.807) is 17.2 Å². The zero-order valence-electron chi connectivity index (χ0n) is 25.0. The minimum atomic E-state index is -0.995. The van der Waals surface area contributed by atoms with E-state index in [9.17, 15) is 14.0 Å². The van der Waals surface area contributed by atoms with Crippen LogP contribution in [-0.2, 0) is 11.2 Å². The molecular formula is C32H37F2N7O2. The number of anilines is 1. The highest BCUT2D eigenvalue weighted by atomic mass is 19.1. The van der Waals surface area contributed by atoms with Crippen molar-refractivity contribution in [1.29, 1.82) is 0 Å². The maximum absolute atomic E-state index is 15.8. The number of piperazine rings is 1. The van der Waals surface area contributed by atoms with E-state index in [0.29, 0.717) is 42.8 Å². The summed E-state index contributed by atoms with van der Waals surface area (Å²) >= 11 is 0. The van der Waals surface area contributed by atoms with Crippen molar-refractivity contribution in [3.05, 3.63) is 88.3 Å². The highest BCUT2D eigenvalue weighted by Gasteiger charge is 2.32. The second kappa shape index (κ2) is 12.5. The van der Waals surface area contributed by atoms with Crippen LogP contribution in [0.5, 0.6) is 0 Å². The van der Waals surface area contributed by atoms with Crippen LogP contribution in [-0.4, -0.2) is 69.6 Å². The fraction of sp³-hybridized carbons (Fsp3) is 0.406. The van der Waals surface area contributed by atoms with Crippen LogP contribution in [0, 0.1) is 5.82 Å². The standard InChI is InChI=1S/C32H37F2N7O2/c1-6-26(42)39-15-16-40(20(4)18-39)30-23-17-25(34)28(22-10-7-11-24(22)33)37-31(23)41(32(43)38-30)29-21(9-8-13-35-5)12-14-36-27(29)19(2)3/h6-7,10-12,14,17,19-20,22,35H,1,8-9,13,15-16,18H2,2-5H3/t20-,22?/m0/s1. The number of carbonyl (C=O) groups excluding carboxylic acids is 1. The molecule has 1 aliphatic heterocycles. The summed E-state index contributed by atoms with van der Waals surface area (Å²) < 4.78 is 32.0. The van der Waals surface area contributed by atoms with E-state index < -0.39 is 23.3 Å². The van der Waals surface area contributed by atoms with E-state index in [1.165, 1.54) is 28.9 Å². The van der Waals surface area contributed by atoms with Crippen LogP contribution >= 0.6 is 0 Å².